The van der Waals surface area contributed by atoms with Crippen molar-refractivity contribution in [1.29, 1.82) is 0 Å². The molecule has 2 rings (SSSR count). The van der Waals surface area contributed by atoms with Crippen LogP contribution in [0.5, 0.6) is 0 Å². The van der Waals surface area contributed by atoms with Crippen molar-refractivity contribution < 1.29 is 5.11 Å². The lowest BCUT2D eigenvalue weighted by atomic mass is 10.1. The number of fused-ring (bicyclic) bond motifs is 1. The van der Waals surface area contributed by atoms with Gasteiger partial charge < -0.3 is 10.4 Å². The maximum absolute atomic E-state index is 9.13. The molecule has 2 heterocycles. The van der Waals surface area contributed by atoms with E-state index in [2.05, 4.69) is 34.5 Å². The Morgan fingerprint density at radius 1 is 1.41 bits per heavy atom. The van der Waals surface area contributed by atoms with E-state index in [1.807, 2.05) is 6.92 Å². The molecule has 0 amide bonds. The lowest BCUT2D eigenvalue weighted by Crippen LogP contribution is -2.26. The Morgan fingerprint density at radius 3 is 2.88 bits per heavy atom. The molecule has 0 saturated heterocycles. The highest BCUT2D eigenvalue weighted by atomic mass is 32.1. The number of nitrogens with one attached hydrogen (secondary N) is 1. The molecule has 0 fully saturated rings. The average molecular weight is 251 g/mol. The summed E-state index contributed by atoms with van der Waals surface area (Å²) in [5.74, 6) is 1.06. The van der Waals surface area contributed by atoms with Gasteiger partial charge in [-0.15, -0.1) is 11.3 Å². The number of thiophene rings is 1. The molecule has 17 heavy (non-hydrogen) atoms. The van der Waals surface area contributed by atoms with Crippen LogP contribution in [0.25, 0.3) is 10.2 Å². The Hall–Kier alpha value is -1.20. The minimum atomic E-state index is 0.172. The van der Waals surface area contributed by atoms with Crippen LogP contribution in [0.3, 0.4) is 0 Å². The summed E-state index contributed by atoms with van der Waals surface area (Å²) < 4.78 is 1.09. The van der Waals surface area contributed by atoms with Gasteiger partial charge in [-0.25, -0.2) is 9.97 Å². The number of hydrogen-bond donors (Lipinski definition) is 2. The van der Waals surface area contributed by atoms with Crippen molar-refractivity contribution in [3.8, 4) is 0 Å². The van der Waals surface area contributed by atoms with E-state index < -0.39 is 0 Å². The molecule has 0 spiro atoms. The molecule has 0 aromatic carbocycles. The highest BCUT2D eigenvalue weighted by molar-refractivity contribution is 7.18. The monoisotopic (exact) mass is 251 g/mol. The topological polar surface area (TPSA) is 58.0 Å². The van der Waals surface area contributed by atoms with E-state index in [1.165, 1.54) is 5.56 Å². The van der Waals surface area contributed by atoms with Gasteiger partial charge in [0.2, 0.25) is 0 Å². The van der Waals surface area contributed by atoms with Crippen LogP contribution >= 0.6 is 11.3 Å². The van der Waals surface area contributed by atoms with E-state index in [-0.39, 0.29) is 18.6 Å². The molecule has 0 radical (unpaired) electrons. The second kappa shape index (κ2) is 4.98. The van der Waals surface area contributed by atoms with Crippen LogP contribution in [-0.4, -0.2) is 27.7 Å². The second-order valence-electron chi connectivity index (χ2n) is 4.41. The number of aliphatic hydroxyl groups is 1. The van der Waals surface area contributed by atoms with Crippen molar-refractivity contribution in [3.63, 3.8) is 0 Å². The Kier molecular flexibility index (Phi) is 3.59. The molecule has 0 aliphatic carbocycles. The minimum absolute atomic E-state index is 0.172. The largest absolute Gasteiger partial charge is 0.396 e. The molecule has 92 valence electrons. The molecule has 2 aromatic heterocycles. The SMILES string of the molecule is Cc1csc2c(NC(C)C(C)CO)ncnc12. The molecular formula is C12H17N3OS. The van der Waals surface area contributed by atoms with Gasteiger partial charge in [0.1, 0.15) is 12.1 Å². The maximum Gasteiger partial charge on any atom is 0.147 e. The highest BCUT2D eigenvalue weighted by Crippen LogP contribution is 2.29. The van der Waals surface area contributed by atoms with Crippen molar-refractivity contribution in [2.75, 3.05) is 11.9 Å². The first-order valence-corrected chi connectivity index (χ1v) is 6.57. The van der Waals surface area contributed by atoms with Crippen molar-refractivity contribution in [2.24, 2.45) is 5.92 Å². The van der Waals surface area contributed by atoms with Crippen molar-refractivity contribution in [2.45, 2.75) is 26.8 Å². The zero-order chi connectivity index (χ0) is 12.4. The Morgan fingerprint density at radius 2 is 2.18 bits per heavy atom. The first kappa shape index (κ1) is 12.3. The predicted molar refractivity (Wildman–Crippen MR) is 71.5 cm³/mol. The fraction of sp³-hybridized carbons (Fsp3) is 0.500. The van der Waals surface area contributed by atoms with Crippen molar-refractivity contribution in [1.82, 2.24) is 9.97 Å². The van der Waals surface area contributed by atoms with E-state index in [9.17, 15) is 0 Å². The molecule has 4 nitrogen and oxygen atoms in total. The first-order chi connectivity index (χ1) is 8.13. The summed E-state index contributed by atoms with van der Waals surface area (Å²) in [7, 11) is 0. The lowest BCUT2D eigenvalue weighted by molar-refractivity contribution is 0.226. The zero-order valence-corrected chi connectivity index (χ0v) is 11.1. The molecule has 0 aliphatic heterocycles. The second-order valence-corrected chi connectivity index (χ2v) is 5.29. The van der Waals surface area contributed by atoms with Crippen LogP contribution in [0.15, 0.2) is 11.7 Å². The first-order valence-electron chi connectivity index (χ1n) is 5.69. The van der Waals surface area contributed by atoms with Gasteiger partial charge in [0, 0.05) is 12.6 Å². The molecule has 0 bridgehead atoms. The Balaban J connectivity index is 2.30. The zero-order valence-electron chi connectivity index (χ0n) is 10.3. The van der Waals surface area contributed by atoms with Gasteiger partial charge >= 0.3 is 0 Å². The number of aryl methyl sites for hydroxylation is 1. The molecule has 2 atom stereocenters. The molecular weight excluding hydrogens is 234 g/mol. The standard InChI is InChI=1S/C12H17N3OS/c1-7(4-16)9(3)15-12-11-10(13-6-14-12)8(2)5-17-11/h5-7,9,16H,4H2,1-3H3,(H,13,14,15). The summed E-state index contributed by atoms with van der Waals surface area (Å²) in [5, 5.41) is 14.6. The normalized spacial score (nSPS) is 14.8. The average Bonchev–Trinajstić information content (AvgIpc) is 2.71. The van der Waals surface area contributed by atoms with Crippen LogP contribution in [-0.2, 0) is 0 Å². The number of rotatable bonds is 4. The summed E-state index contributed by atoms with van der Waals surface area (Å²) in [6, 6.07) is 0.181. The third-order valence-electron chi connectivity index (χ3n) is 3.04. The number of aliphatic hydroxyl groups excluding tert-OH is 1. The third kappa shape index (κ3) is 2.40. The van der Waals surface area contributed by atoms with Gasteiger partial charge in [-0.3, -0.25) is 0 Å². The Bertz CT molecular complexity index is 511. The maximum atomic E-state index is 9.13. The quantitative estimate of drug-likeness (QED) is 0.876. The highest BCUT2D eigenvalue weighted by Gasteiger charge is 2.14. The van der Waals surface area contributed by atoms with Gasteiger partial charge in [-0.05, 0) is 30.7 Å². The third-order valence-corrected chi connectivity index (χ3v) is 4.13. The van der Waals surface area contributed by atoms with Crippen LogP contribution in [0.4, 0.5) is 5.82 Å². The predicted octanol–water partition coefficient (Wildman–Crippen LogP) is 2.43. The number of nitrogens with zero attached hydrogens (tertiary/aromatic N) is 2. The van der Waals surface area contributed by atoms with Gasteiger partial charge in [-0.2, -0.15) is 0 Å². The number of aromatic nitrogens is 2. The van der Waals surface area contributed by atoms with Crippen LogP contribution in [0.2, 0.25) is 0 Å². The van der Waals surface area contributed by atoms with E-state index in [1.54, 1.807) is 17.7 Å². The molecule has 0 saturated carbocycles. The van der Waals surface area contributed by atoms with E-state index in [0.29, 0.717) is 0 Å². The minimum Gasteiger partial charge on any atom is -0.396 e. The van der Waals surface area contributed by atoms with Crippen LogP contribution in [0, 0.1) is 12.8 Å². The molecule has 0 aliphatic rings. The molecule has 2 aromatic rings. The summed E-state index contributed by atoms with van der Waals surface area (Å²) in [5.41, 5.74) is 2.19. The van der Waals surface area contributed by atoms with E-state index in [4.69, 9.17) is 5.11 Å². The molecule has 2 N–H and O–H groups in total. The van der Waals surface area contributed by atoms with E-state index >= 15 is 0 Å². The number of anilines is 1. The Labute approximate surface area is 105 Å². The van der Waals surface area contributed by atoms with Crippen LogP contribution in [0.1, 0.15) is 19.4 Å². The van der Waals surface area contributed by atoms with E-state index in [0.717, 1.165) is 16.0 Å². The smallest absolute Gasteiger partial charge is 0.147 e. The summed E-state index contributed by atoms with van der Waals surface area (Å²) >= 11 is 1.65. The van der Waals surface area contributed by atoms with Gasteiger partial charge in [0.05, 0.1) is 10.2 Å². The van der Waals surface area contributed by atoms with Gasteiger partial charge in [0.25, 0.3) is 0 Å². The summed E-state index contributed by atoms with van der Waals surface area (Å²) in [6.07, 6.45) is 1.58. The fourth-order valence-electron chi connectivity index (χ4n) is 1.59. The summed E-state index contributed by atoms with van der Waals surface area (Å²) in [4.78, 5) is 8.57. The van der Waals surface area contributed by atoms with Crippen LogP contribution < -0.4 is 5.32 Å². The van der Waals surface area contributed by atoms with Crippen molar-refractivity contribution >= 4 is 27.4 Å². The fourth-order valence-corrected chi connectivity index (χ4v) is 2.54. The lowest BCUT2D eigenvalue weighted by Gasteiger charge is -2.19. The molecule has 5 heteroatoms. The number of hydrogen-bond acceptors (Lipinski definition) is 5. The van der Waals surface area contributed by atoms with Gasteiger partial charge in [0.15, 0.2) is 0 Å². The molecule has 2 unspecified atom stereocenters. The van der Waals surface area contributed by atoms with Crippen molar-refractivity contribution in [3.05, 3.63) is 17.3 Å². The van der Waals surface area contributed by atoms with Gasteiger partial charge in [-0.1, -0.05) is 6.92 Å². The summed E-state index contributed by atoms with van der Waals surface area (Å²) in [6.45, 7) is 6.28.